The Morgan fingerprint density at radius 1 is 1.22 bits per heavy atom. The number of amides is 1. The smallest absolute Gasteiger partial charge is 0.241 e. The lowest BCUT2D eigenvalue weighted by Gasteiger charge is -2.21. The number of carbonyl (C=O) groups excluding carboxylic acids is 1. The number of benzene rings is 1. The van der Waals surface area contributed by atoms with Crippen molar-refractivity contribution in [2.75, 3.05) is 7.05 Å². The number of nitrogens with zero attached hydrogens (tertiary/aromatic N) is 4. The Hall–Kier alpha value is -2.90. The molecule has 2 atom stereocenters. The maximum absolute atomic E-state index is 12.9. The fourth-order valence-electron chi connectivity index (χ4n) is 3.58. The quantitative estimate of drug-likeness (QED) is 0.724. The van der Waals surface area contributed by atoms with E-state index in [1.807, 2.05) is 61.5 Å². The summed E-state index contributed by atoms with van der Waals surface area (Å²) in [6, 6.07) is 14.0. The molecule has 1 aliphatic rings. The average Bonchev–Trinajstić information content (AvgIpc) is 3.42. The first-order valence-electron chi connectivity index (χ1n) is 9.08. The van der Waals surface area contributed by atoms with Gasteiger partial charge in [0.25, 0.3) is 0 Å². The van der Waals surface area contributed by atoms with Gasteiger partial charge in [-0.2, -0.15) is 5.10 Å². The lowest BCUT2D eigenvalue weighted by Crippen LogP contribution is -2.43. The number of rotatable bonds is 5. The van der Waals surface area contributed by atoms with Crippen LogP contribution in [-0.4, -0.2) is 38.2 Å². The van der Waals surface area contributed by atoms with Crippen LogP contribution < -0.4 is 10.9 Å². The number of hydrogen-bond donors (Lipinski definition) is 2. The highest BCUT2D eigenvalue weighted by atomic mass is 16.2. The first-order chi connectivity index (χ1) is 13.1. The largest absolute Gasteiger partial charge is 0.353 e. The zero-order valence-electron chi connectivity index (χ0n) is 15.5. The summed E-state index contributed by atoms with van der Waals surface area (Å²) >= 11 is 0. The van der Waals surface area contributed by atoms with Crippen molar-refractivity contribution in [3.05, 3.63) is 72.3 Å². The molecule has 4 rings (SSSR count). The zero-order chi connectivity index (χ0) is 18.8. The van der Waals surface area contributed by atoms with E-state index in [2.05, 4.69) is 32.7 Å². The van der Waals surface area contributed by atoms with E-state index < -0.39 is 0 Å². The number of aromatic nitrogens is 3. The number of likely N-dealkylation sites (N-methyl/N-ethyl adjacent to an activating group) is 1. The average molecular weight is 364 g/mol. The number of nitrogens with one attached hydrogen (secondary N) is 2. The molecule has 1 aromatic carbocycles. The van der Waals surface area contributed by atoms with E-state index in [0.29, 0.717) is 6.54 Å². The molecule has 3 heterocycles. The molecule has 140 valence electrons. The Labute approximate surface area is 158 Å². The molecule has 27 heavy (non-hydrogen) atoms. The third-order valence-electron chi connectivity index (χ3n) is 5.02. The lowest BCUT2D eigenvalue weighted by molar-refractivity contribution is -0.132. The van der Waals surface area contributed by atoms with Crippen molar-refractivity contribution in [3.63, 3.8) is 0 Å². The van der Waals surface area contributed by atoms with Crippen molar-refractivity contribution in [1.82, 2.24) is 30.1 Å². The summed E-state index contributed by atoms with van der Waals surface area (Å²) in [6.45, 7) is 0.556. The Morgan fingerprint density at radius 2 is 2.11 bits per heavy atom. The SMILES string of the molecule is CN(Cc1cccc(-n2cccn2)c1)C(=O)C1CC(c2cccn2C)NN1. The molecular formula is C20H24N6O. The molecule has 2 unspecified atom stereocenters. The van der Waals surface area contributed by atoms with E-state index in [0.717, 1.165) is 17.7 Å². The van der Waals surface area contributed by atoms with E-state index in [4.69, 9.17) is 0 Å². The molecule has 7 nitrogen and oxygen atoms in total. The Balaban J connectivity index is 1.40. The molecule has 3 aromatic rings. The highest BCUT2D eigenvalue weighted by Crippen LogP contribution is 2.23. The van der Waals surface area contributed by atoms with Gasteiger partial charge in [-0.05, 0) is 42.3 Å². The Morgan fingerprint density at radius 3 is 2.85 bits per heavy atom. The standard InChI is InChI=1S/C20H24N6O/c1-24-10-4-8-19(24)17-13-18(23-22-17)20(27)25(2)14-15-6-3-7-16(12-15)26-11-5-9-21-26/h3-12,17-18,22-23H,13-14H2,1-2H3. The second kappa shape index (κ2) is 7.38. The summed E-state index contributed by atoms with van der Waals surface area (Å²) < 4.78 is 3.90. The maximum atomic E-state index is 12.9. The predicted octanol–water partition coefficient (Wildman–Crippen LogP) is 1.78. The van der Waals surface area contributed by atoms with Gasteiger partial charge >= 0.3 is 0 Å². The van der Waals surface area contributed by atoms with Crippen LogP contribution in [0.25, 0.3) is 5.69 Å². The summed E-state index contributed by atoms with van der Waals surface area (Å²) in [7, 11) is 3.87. The number of aryl methyl sites for hydroxylation is 1. The minimum Gasteiger partial charge on any atom is -0.353 e. The van der Waals surface area contributed by atoms with Crippen LogP contribution in [0.15, 0.2) is 61.1 Å². The third kappa shape index (κ3) is 3.65. The van der Waals surface area contributed by atoms with Crippen molar-refractivity contribution in [2.45, 2.75) is 25.0 Å². The molecule has 7 heteroatoms. The summed E-state index contributed by atoms with van der Waals surface area (Å²) in [5.41, 5.74) is 9.64. The van der Waals surface area contributed by atoms with Crippen LogP contribution in [0.3, 0.4) is 0 Å². The lowest BCUT2D eigenvalue weighted by atomic mass is 10.1. The molecule has 0 radical (unpaired) electrons. The first-order valence-corrected chi connectivity index (χ1v) is 9.08. The number of hydrogen-bond acceptors (Lipinski definition) is 4. The second-order valence-electron chi connectivity index (χ2n) is 6.99. The highest BCUT2D eigenvalue weighted by Gasteiger charge is 2.32. The summed E-state index contributed by atoms with van der Waals surface area (Å²) in [5.74, 6) is 0.0868. The van der Waals surface area contributed by atoms with Crippen LogP contribution in [0, 0.1) is 0 Å². The van der Waals surface area contributed by atoms with E-state index >= 15 is 0 Å². The molecule has 0 saturated carbocycles. The van der Waals surface area contributed by atoms with Gasteiger partial charge in [0, 0.05) is 44.9 Å². The minimum atomic E-state index is -0.232. The maximum Gasteiger partial charge on any atom is 0.241 e. The van der Waals surface area contributed by atoms with Crippen molar-refractivity contribution < 1.29 is 4.79 Å². The fraction of sp³-hybridized carbons (Fsp3) is 0.300. The normalized spacial score (nSPS) is 19.3. The molecule has 1 fully saturated rings. The molecule has 1 aliphatic heterocycles. The molecule has 2 N–H and O–H groups in total. The summed E-state index contributed by atoms with van der Waals surface area (Å²) in [6.07, 6.45) is 6.41. The van der Waals surface area contributed by atoms with Crippen molar-refractivity contribution in [3.8, 4) is 5.69 Å². The van der Waals surface area contributed by atoms with Crippen LogP contribution >= 0.6 is 0 Å². The molecular weight excluding hydrogens is 340 g/mol. The summed E-state index contributed by atoms with van der Waals surface area (Å²) in [5, 5.41) is 4.26. The van der Waals surface area contributed by atoms with Crippen molar-refractivity contribution >= 4 is 5.91 Å². The zero-order valence-corrected chi connectivity index (χ0v) is 15.5. The van der Waals surface area contributed by atoms with Gasteiger partial charge in [0.1, 0.15) is 6.04 Å². The molecule has 2 aromatic heterocycles. The summed E-state index contributed by atoms with van der Waals surface area (Å²) in [4.78, 5) is 14.6. The molecule has 0 spiro atoms. The Bertz CT molecular complexity index is 916. The van der Waals surface area contributed by atoms with E-state index in [1.54, 1.807) is 11.1 Å². The van der Waals surface area contributed by atoms with Crippen LogP contribution in [0.4, 0.5) is 0 Å². The van der Waals surface area contributed by atoms with Crippen molar-refractivity contribution in [1.29, 1.82) is 0 Å². The number of hydrazine groups is 1. The minimum absolute atomic E-state index is 0.0868. The predicted molar refractivity (Wildman–Crippen MR) is 103 cm³/mol. The van der Waals surface area contributed by atoms with Gasteiger partial charge in [0.15, 0.2) is 0 Å². The van der Waals surface area contributed by atoms with Gasteiger partial charge in [-0.3, -0.25) is 4.79 Å². The monoisotopic (exact) mass is 364 g/mol. The molecule has 1 amide bonds. The van der Waals surface area contributed by atoms with E-state index in [1.165, 1.54) is 5.69 Å². The second-order valence-corrected chi connectivity index (χ2v) is 6.99. The topological polar surface area (TPSA) is 67.1 Å². The molecule has 1 saturated heterocycles. The van der Waals surface area contributed by atoms with Gasteiger partial charge in [0.2, 0.25) is 5.91 Å². The van der Waals surface area contributed by atoms with Gasteiger partial charge in [-0.1, -0.05) is 12.1 Å². The number of carbonyl (C=O) groups is 1. The molecule has 0 aliphatic carbocycles. The van der Waals surface area contributed by atoms with Crippen LogP contribution in [-0.2, 0) is 18.4 Å². The third-order valence-corrected chi connectivity index (χ3v) is 5.02. The Kier molecular flexibility index (Phi) is 4.79. The van der Waals surface area contributed by atoms with Crippen LogP contribution in [0.1, 0.15) is 23.7 Å². The van der Waals surface area contributed by atoms with Gasteiger partial charge in [-0.15, -0.1) is 0 Å². The fourth-order valence-corrected chi connectivity index (χ4v) is 3.58. The van der Waals surface area contributed by atoms with Crippen LogP contribution in [0.5, 0.6) is 0 Å². The van der Waals surface area contributed by atoms with Gasteiger partial charge < -0.3 is 9.47 Å². The van der Waals surface area contributed by atoms with E-state index in [-0.39, 0.29) is 18.0 Å². The first kappa shape index (κ1) is 17.5. The van der Waals surface area contributed by atoms with Crippen molar-refractivity contribution in [2.24, 2.45) is 7.05 Å². The van der Waals surface area contributed by atoms with Crippen LogP contribution in [0.2, 0.25) is 0 Å². The molecule has 0 bridgehead atoms. The van der Waals surface area contributed by atoms with Gasteiger partial charge in [0.05, 0.1) is 11.7 Å². The highest BCUT2D eigenvalue weighted by molar-refractivity contribution is 5.82. The van der Waals surface area contributed by atoms with E-state index in [9.17, 15) is 4.79 Å². The van der Waals surface area contributed by atoms with Gasteiger partial charge in [-0.25, -0.2) is 15.5 Å².